The topological polar surface area (TPSA) is 79.4 Å². The summed E-state index contributed by atoms with van der Waals surface area (Å²) in [6, 6.07) is 3.92. The van der Waals surface area contributed by atoms with Crippen LogP contribution in [-0.2, 0) is 13.0 Å². The minimum absolute atomic E-state index is 0.654. The van der Waals surface area contributed by atoms with Crippen LogP contribution in [0.2, 0.25) is 0 Å². The van der Waals surface area contributed by atoms with E-state index >= 15 is 0 Å². The van der Waals surface area contributed by atoms with Crippen molar-refractivity contribution >= 4 is 16.5 Å². The number of aromatic nitrogens is 5. The third kappa shape index (κ3) is 3.25. The van der Waals surface area contributed by atoms with Crippen LogP contribution >= 0.6 is 11.3 Å². The van der Waals surface area contributed by atoms with Gasteiger partial charge in [-0.3, -0.25) is 10.1 Å². The molecule has 0 aliphatic heterocycles. The van der Waals surface area contributed by atoms with Gasteiger partial charge in [-0.1, -0.05) is 18.3 Å². The summed E-state index contributed by atoms with van der Waals surface area (Å²) in [5.74, 6) is 0. The molecule has 0 fully saturated rings. The number of hydrogen-bond donors (Lipinski definition) is 2. The largest absolute Gasteiger partial charge is 0.356 e. The molecule has 0 bridgehead atoms. The lowest BCUT2D eigenvalue weighted by atomic mass is 10.1. The number of anilines is 1. The van der Waals surface area contributed by atoms with Gasteiger partial charge in [-0.25, -0.2) is 0 Å². The second-order valence-electron chi connectivity index (χ2n) is 4.62. The maximum atomic E-state index is 4.16. The maximum absolute atomic E-state index is 4.16. The number of aromatic amines is 1. The van der Waals surface area contributed by atoms with Gasteiger partial charge in [-0.15, -0.1) is 10.2 Å². The fourth-order valence-corrected chi connectivity index (χ4v) is 2.85. The first kappa shape index (κ1) is 13.7. The molecule has 3 heterocycles. The van der Waals surface area contributed by atoms with E-state index in [9.17, 15) is 0 Å². The van der Waals surface area contributed by atoms with E-state index in [-0.39, 0.29) is 0 Å². The molecule has 6 nitrogen and oxygen atoms in total. The first-order valence-corrected chi connectivity index (χ1v) is 7.67. The summed E-state index contributed by atoms with van der Waals surface area (Å²) < 4.78 is 0. The molecular weight excluding hydrogens is 284 g/mol. The molecule has 0 unspecified atom stereocenters. The lowest BCUT2D eigenvalue weighted by molar-refractivity contribution is 0.877. The van der Waals surface area contributed by atoms with Crippen molar-refractivity contribution in [2.24, 2.45) is 0 Å². The molecule has 0 amide bonds. The van der Waals surface area contributed by atoms with Crippen LogP contribution in [0.4, 0.5) is 5.13 Å². The molecule has 21 heavy (non-hydrogen) atoms. The van der Waals surface area contributed by atoms with Crippen molar-refractivity contribution < 1.29 is 0 Å². The summed E-state index contributed by atoms with van der Waals surface area (Å²) in [6.07, 6.45) is 7.46. The van der Waals surface area contributed by atoms with Crippen LogP contribution in [0, 0.1) is 0 Å². The highest BCUT2D eigenvalue weighted by Gasteiger charge is 2.09. The van der Waals surface area contributed by atoms with Crippen LogP contribution in [0.5, 0.6) is 0 Å². The molecule has 0 aromatic carbocycles. The number of nitrogens with zero attached hydrogens (tertiary/aromatic N) is 4. The summed E-state index contributed by atoms with van der Waals surface area (Å²) in [4.78, 5) is 4.14. The van der Waals surface area contributed by atoms with Crippen molar-refractivity contribution in [3.05, 3.63) is 41.3 Å². The van der Waals surface area contributed by atoms with Crippen molar-refractivity contribution in [1.82, 2.24) is 25.4 Å². The zero-order valence-electron chi connectivity index (χ0n) is 11.7. The molecule has 2 N–H and O–H groups in total. The summed E-state index contributed by atoms with van der Waals surface area (Å²) in [7, 11) is 0. The number of aryl methyl sites for hydroxylation is 1. The lowest BCUT2D eigenvalue weighted by Gasteiger charge is -2.03. The molecule has 3 aromatic heterocycles. The standard InChI is InChI=1S/C14H16N6S/c1-2-4-12-18-20-14(21-12)16-8-11-9-17-19-13(11)10-5-3-6-15-7-10/h3,5-7,9H,2,4,8H2,1H3,(H,16,20)(H,17,19). The van der Waals surface area contributed by atoms with Crippen LogP contribution in [0.1, 0.15) is 23.9 Å². The summed E-state index contributed by atoms with van der Waals surface area (Å²) in [5.41, 5.74) is 3.08. The molecule has 0 saturated carbocycles. The van der Waals surface area contributed by atoms with Gasteiger partial charge in [-0.05, 0) is 18.6 Å². The molecule has 0 saturated heterocycles. The van der Waals surface area contributed by atoms with Crippen molar-refractivity contribution in [2.75, 3.05) is 5.32 Å². The highest BCUT2D eigenvalue weighted by Crippen LogP contribution is 2.22. The van der Waals surface area contributed by atoms with Crippen molar-refractivity contribution in [3.63, 3.8) is 0 Å². The van der Waals surface area contributed by atoms with E-state index in [2.05, 4.69) is 37.6 Å². The zero-order chi connectivity index (χ0) is 14.5. The minimum Gasteiger partial charge on any atom is -0.356 e. The van der Waals surface area contributed by atoms with Gasteiger partial charge in [0, 0.05) is 36.5 Å². The van der Waals surface area contributed by atoms with Gasteiger partial charge in [0.25, 0.3) is 0 Å². The monoisotopic (exact) mass is 300 g/mol. The molecule has 7 heteroatoms. The fourth-order valence-electron chi connectivity index (χ4n) is 2.02. The molecule has 0 aliphatic rings. The highest BCUT2D eigenvalue weighted by atomic mass is 32.1. The minimum atomic E-state index is 0.654. The van der Waals surface area contributed by atoms with Crippen LogP contribution < -0.4 is 5.32 Å². The Morgan fingerprint density at radius 3 is 3.05 bits per heavy atom. The summed E-state index contributed by atoms with van der Waals surface area (Å²) >= 11 is 1.60. The van der Waals surface area contributed by atoms with E-state index in [1.807, 2.05) is 24.5 Å². The van der Waals surface area contributed by atoms with Gasteiger partial charge in [0.15, 0.2) is 0 Å². The summed E-state index contributed by atoms with van der Waals surface area (Å²) in [5, 5.41) is 20.7. The molecule has 0 radical (unpaired) electrons. The van der Waals surface area contributed by atoms with Crippen LogP contribution in [0.15, 0.2) is 30.7 Å². The fraction of sp³-hybridized carbons (Fsp3) is 0.286. The Morgan fingerprint density at radius 2 is 2.24 bits per heavy atom. The molecule has 3 rings (SSSR count). The number of H-pyrrole nitrogens is 1. The Balaban J connectivity index is 1.70. The first-order chi connectivity index (χ1) is 10.4. The van der Waals surface area contributed by atoms with Crippen LogP contribution in [0.3, 0.4) is 0 Å². The lowest BCUT2D eigenvalue weighted by Crippen LogP contribution is -1.99. The molecule has 0 spiro atoms. The molecule has 108 valence electrons. The Morgan fingerprint density at radius 1 is 1.29 bits per heavy atom. The van der Waals surface area contributed by atoms with Gasteiger partial charge in [-0.2, -0.15) is 5.10 Å². The van der Waals surface area contributed by atoms with Gasteiger partial charge in [0.05, 0.1) is 11.9 Å². The summed E-state index contributed by atoms with van der Waals surface area (Å²) in [6.45, 7) is 2.79. The van der Waals surface area contributed by atoms with E-state index in [0.717, 1.165) is 39.8 Å². The van der Waals surface area contributed by atoms with Gasteiger partial charge < -0.3 is 5.32 Å². The Labute approximate surface area is 126 Å². The molecule has 3 aromatic rings. The average Bonchev–Trinajstić information content (AvgIpc) is 3.15. The van der Waals surface area contributed by atoms with Gasteiger partial charge in [0.2, 0.25) is 5.13 Å². The molecular formula is C14H16N6S. The number of rotatable bonds is 6. The van der Waals surface area contributed by atoms with E-state index in [1.165, 1.54) is 0 Å². The zero-order valence-corrected chi connectivity index (χ0v) is 12.5. The smallest absolute Gasteiger partial charge is 0.205 e. The Hall–Kier alpha value is -2.28. The quantitative estimate of drug-likeness (QED) is 0.731. The number of pyridine rings is 1. The van der Waals surface area contributed by atoms with Crippen molar-refractivity contribution in [3.8, 4) is 11.3 Å². The Kier molecular flexibility index (Phi) is 4.20. The molecule has 0 atom stereocenters. The highest BCUT2D eigenvalue weighted by molar-refractivity contribution is 7.15. The Bertz CT molecular complexity index is 690. The third-order valence-corrected chi connectivity index (χ3v) is 3.97. The molecule has 0 aliphatic carbocycles. The average molecular weight is 300 g/mol. The van der Waals surface area contributed by atoms with Crippen molar-refractivity contribution in [1.29, 1.82) is 0 Å². The SMILES string of the molecule is CCCc1nnc(NCc2cn[nH]c2-c2cccnc2)s1. The van der Waals surface area contributed by atoms with E-state index in [0.29, 0.717) is 6.54 Å². The van der Waals surface area contributed by atoms with Gasteiger partial charge in [0.1, 0.15) is 5.01 Å². The maximum Gasteiger partial charge on any atom is 0.205 e. The second kappa shape index (κ2) is 6.45. The number of nitrogens with one attached hydrogen (secondary N) is 2. The van der Waals surface area contributed by atoms with Crippen LogP contribution in [0.25, 0.3) is 11.3 Å². The van der Waals surface area contributed by atoms with Crippen LogP contribution in [-0.4, -0.2) is 25.4 Å². The number of hydrogen-bond acceptors (Lipinski definition) is 6. The van der Waals surface area contributed by atoms with E-state index in [4.69, 9.17) is 0 Å². The van der Waals surface area contributed by atoms with Crippen molar-refractivity contribution in [2.45, 2.75) is 26.3 Å². The predicted octanol–water partition coefficient (Wildman–Crippen LogP) is 2.89. The predicted molar refractivity (Wildman–Crippen MR) is 83.0 cm³/mol. The normalized spacial score (nSPS) is 10.7. The first-order valence-electron chi connectivity index (χ1n) is 6.85. The third-order valence-electron chi connectivity index (χ3n) is 3.03. The van der Waals surface area contributed by atoms with Gasteiger partial charge >= 0.3 is 0 Å². The second-order valence-corrected chi connectivity index (χ2v) is 5.68. The van der Waals surface area contributed by atoms with E-state index < -0.39 is 0 Å². The van der Waals surface area contributed by atoms with E-state index in [1.54, 1.807) is 17.5 Å².